The van der Waals surface area contributed by atoms with Crippen molar-refractivity contribution < 1.29 is 9.53 Å². The van der Waals surface area contributed by atoms with E-state index in [2.05, 4.69) is 36.1 Å². The number of methoxy groups -OCH3 is 1. The summed E-state index contributed by atoms with van der Waals surface area (Å²) in [6, 6.07) is 11.0. The molecule has 0 amide bonds. The van der Waals surface area contributed by atoms with E-state index < -0.39 is 0 Å². The van der Waals surface area contributed by atoms with Crippen LogP contribution in [0.4, 0.5) is 0 Å². The molecule has 0 spiro atoms. The fourth-order valence-electron chi connectivity index (χ4n) is 4.58. The lowest BCUT2D eigenvalue weighted by molar-refractivity contribution is -0.160. The van der Waals surface area contributed by atoms with Gasteiger partial charge in [-0.25, -0.2) is 0 Å². The van der Waals surface area contributed by atoms with Crippen LogP contribution in [0.5, 0.6) is 0 Å². The number of benzene rings is 1. The van der Waals surface area contributed by atoms with Crippen molar-refractivity contribution in [2.45, 2.75) is 57.2 Å². The predicted molar refractivity (Wildman–Crippen MR) is 82.8 cm³/mol. The minimum atomic E-state index is -0.387. The lowest BCUT2D eigenvalue weighted by Crippen LogP contribution is -2.58. The molecule has 3 heteroatoms. The summed E-state index contributed by atoms with van der Waals surface area (Å²) in [5.41, 5.74) is 0.900. The second-order valence-electron chi connectivity index (χ2n) is 6.44. The second kappa shape index (κ2) is 5.80. The summed E-state index contributed by atoms with van der Waals surface area (Å²) in [6.07, 6.45) is 5.48. The van der Waals surface area contributed by atoms with Crippen LogP contribution in [-0.2, 0) is 16.1 Å². The Kier molecular flexibility index (Phi) is 4.03. The van der Waals surface area contributed by atoms with Gasteiger partial charge in [0, 0.05) is 12.6 Å². The van der Waals surface area contributed by atoms with Crippen LogP contribution >= 0.6 is 0 Å². The van der Waals surface area contributed by atoms with E-state index in [0.717, 1.165) is 25.8 Å². The van der Waals surface area contributed by atoms with Crippen LogP contribution < -0.4 is 0 Å². The monoisotopic (exact) mass is 287 g/mol. The molecule has 3 rings (SSSR count). The fourth-order valence-corrected chi connectivity index (χ4v) is 4.58. The van der Waals surface area contributed by atoms with Crippen molar-refractivity contribution in [2.24, 2.45) is 5.92 Å². The highest BCUT2D eigenvalue weighted by molar-refractivity contribution is 5.82. The molecule has 1 saturated heterocycles. The van der Waals surface area contributed by atoms with Crippen LogP contribution in [0, 0.1) is 5.92 Å². The molecule has 21 heavy (non-hydrogen) atoms. The molecule has 3 atom stereocenters. The van der Waals surface area contributed by atoms with Crippen molar-refractivity contribution in [3.63, 3.8) is 0 Å². The highest BCUT2D eigenvalue weighted by Gasteiger charge is 2.60. The Morgan fingerprint density at radius 2 is 2.10 bits per heavy atom. The van der Waals surface area contributed by atoms with Crippen molar-refractivity contribution in [3.8, 4) is 0 Å². The van der Waals surface area contributed by atoms with Crippen molar-refractivity contribution in [2.75, 3.05) is 7.11 Å². The molecule has 114 valence electrons. The molecule has 1 aromatic rings. The van der Waals surface area contributed by atoms with Crippen LogP contribution in [0.2, 0.25) is 0 Å². The molecule has 3 nitrogen and oxygen atoms in total. The molecule has 1 heterocycles. The van der Waals surface area contributed by atoms with E-state index in [9.17, 15) is 4.79 Å². The Hall–Kier alpha value is -1.35. The molecule has 2 aliphatic rings. The first kappa shape index (κ1) is 14.6. The smallest absolute Gasteiger partial charge is 0.326 e. The topological polar surface area (TPSA) is 29.5 Å². The highest BCUT2D eigenvalue weighted by Crippen LogP contribution is 2.52. The van der Waals surface area contributed by atoms with E-state index in [1.165, 1.54) is 25.5 Å². The molecule has 1 aliphatic heterocycles. The maximum Gasteiger partial charge on any atom is 0.326 e. The molecule has 0 N–H and O–H groups in total. The number of esters is 1. The number of piperidine rings is 1. The lowest BCUT2D eigenvalue weighted by Gasteiger charge is -2.44. The molecular formula is C18H25NO2. The first-order valence-corrected chi connectivity index (χ1v) is 8.11. The first-order chi connectivity index (χ1) is 10.2. The molecular weight excluding hydrogens is 262 g/mol. The minimum Gasteiger partial charge on any atom is -0.468 e. The third kappa shape index (κ3) is 2.28. The Balaban J connectivity index is 1.93. The van der Waals surface area contributed by atoms with Gasteiger partial charge in [-0.15, -0.1) is 0 Å². The first-order valence-electron chi connectivity index (χ1n) is 8.11. The van der Waals surface area contributed by atoms with Crippen molar-refractivity contribution >= 4 is 5.97 Å². The van der Waals surface area contributed by atoms with Crippen molar-refractivity contribution in [3.05, 3.63) is 35.9 Å². The Morgan fingerprint density at radius 3 is 2.76 bits per heavy atom. The van der Waals surface area contributed by atoms with E-state index in [1.807, 2.05) is 6.07 Å². The summed E-state index contributed by atoms with van der Waals surface area (Å²) in [6.45, 7) is 3.02. The van der Waals surface area contributed by atoms with Gasteiger partial charge in [-0.3, -0.25) is 9.69 Å². The molecule has 1 saturated carbocycles. The average Bonchev–Trinajstić information content (AvgIpc) is 3.10. The van der Waals surface area contributed by atoms with Crippen LogP contribution in [-0.4, -0.2) is 29.6 Å². The summed E-state index contributed by atoms with van der Waals surface area (Å²) >= 11 is 0. The molecule has 0 unspecified atom stereocenters. The number of rotatable bonds is 5. The van der Waals surface area contributed by atoms with Crippen LogP contribution in [0.3, 0.4) is 0 Å². The van der Waals surface area contributed by atoms with E-state index >= 15 is 0 Å². The van der Waals surface area contributed by atoms with Gasteiger partial charge >= 0.3 is 5.97 Å². The van der Waals surface area contributed by atoms with E-state index in [1.54, 1.807) is 0 Å². The number of hydrogen-bond acceptors (Lipinski definition) is 3. The van der Waals surface area contributed by atoms with Gasteiger partial charge in [0.05, 0.1) is 7.11 Å². The highest BCUT2D eigenvalue weighted by atomic mass is 16.5. The molecule has 2 bridgehead atoms. The van der Waals surface area contributed by atoms with Gasteiger partial charge in [-0.05, 0) is 37.2 Å². The normalized spacial score (nSPS) is 31.5. The Labute approximate surface area is 127 Å². The zero-order chi connectivity index (χ0) is 14.9. The summed E-state index contributed by atoms with van der Waals surface area (Å²) in [7, 11) is 1.53. The third-order valence-corrected chi connectivity index (χ3v) is 5.40. The van der Waals surface area contributed by atoms with Gasteiger partial charge in [0.1, 0.15) is 5.54 Å². The number of fused-ring (bicyclic) bond motifs is 2. The second-order valence-corrected chi connectivity index (χ2v) is 6.44. The maximum absolute atomic E-state index is 12.7. The van der Waals surface area contributed by atoms with Gasteiger partial charge in [-0.2, -0.15) is 0 Å². The van der Waals surface area contributed by atoms with Gasteiger partial charge in [0.25, 0.3) is 0 Å². The Morgan fingerprint density at radius 1 is 1.33 bits per heavy atom. The fraction of sp³-hybridized carbons (Fsp3) is 0.611. The number of carbonyl (C=O) groups excluding carboxylic acids is 1. The van der Waals surface area contributed by atoms with Gasteiger partial charge in [0.15, 0.2) is 0 Å². The Bertz CT molecular complexity index is 501. The standard InChI is InChI=1S/C18H25NO2/c1-3-11-18(17(20)21-2)15-9-10-16(12-15)19(18)13-14-7-5-4-6-8-14/h4-8,15-16H,3,9-13H2,1-2H3/t15-,16+,18+/m1/s1. The van der Waals surface area contributed by atoms with E-state index in [0.29, 0.717) is 12.0 Å². The van der Waals surface area contributed by atoms with Crippen molar-refractivity contribution in [1.82, 2.24) is 4.90 Å². The average molecular weight is 287 g/mol. The maximum atomic E-state index is 12.7. The van der Waals surface area contributed by atoms with E-state index in [4.69, 9.17) is 4.74 Å². The number of ether oxygens (including phenoxy) is 1. The van der Waals surface area contributed by atoms with Crippen LogP contribution in [0.25, 0.3) is 0 Å². The van der Waals surface area contributed by atoms with Gasteiger partial charge in [-0.1, -0.05) is 43.7 Å². The van der Waals surface area contributed by atoms with E-state index in [-0.39, 0.29) is 11.5 Å². The number of hydrogen-bond donors (Lipinski definition) is 0. The van der Waals surface area contributed by atoms with Crippen LogP contribution in [0.15, 0.2) is 30.3 Å². The predicted octanol–water partition coefficient (Wildman–Crippen LogP) is 3.38. The largest absolute Gasteiger partial charge is 0.468 e. The molecule has 1 aliphatic carbocycles. The summed E-state index contributed by atoms with van der Waals surface area (Å²) in [5.74, 6) is 0.450. The number of carbonyl (C=O) groups is 1. The molecule has 1 aromatic carbocycles. The molecule has 0 aromatic heterocycles. The van der Waals surface area contributed by atoms with Gasteiger partial charge < -0.3 is 4.74 Å². The van der Waals surface area contributed by atoms with Gasteiger partial charge in [0.2, 0.25) is 0 Å². The van der Waals surface area contributed by atoms with Crippen molar-refractivity contribution in [1.29, 1.82) is 0 Å². The number of nitrogens with zero attached hydrogens (tertiary/aromatic N) is 1. The molecule has 0 radical (unpaired) electrons. The third-order valence-electron chi connectivity index (χ3n) is 5.40. The zero-order valence-electron chi connectivity index (χ0n) is 13.0. The molecule has 2 fully saturated rings. The summed E-state index contributed by atoms with van der Waals surface area (Å²) in [5, 5.41) is 0. The minimum absolute atomic E-state index is 0.0209. The number of likely N-dealkylation sites (tertiary alicyclic amines) is 1. The summed E-state index contributed by atoms with van der Waals surface area (Å²) < 4.78 is 5.23. The summed E-state index contributed by atoms with van der Waals surface area (Å²) in [4.78, 5) is 15.1. The van der Waals surface area contributed by atoms with Crippen LogP contribution in [0.1, 0.15) is 44.6 Å². The SMILES string of the molecule is CCC[C@@]1(C(=O)OC)[C@@H]2CC[C@@H](C2)N1Cc1ccccc1. The lowest BCUT2D eigenvalue weighted by atomic mass is 9.79. The zero-order valence-corrected chi connectivity index (χ0v) is 13.0. The quantitative estimate of drug-likeness (QED) is 0.778.